The van der Waals surface area contributed by atoms with E-state index in [1.807, 2.05) is 0 Å². The van der Waals surface area contributed by atoms with Crippen molar-refractivity contribution in [3.63, 3.8) is 0 Å². The molecule has 1 saturated carbocycles. The van der Waals surface area contributed by atoms with Crippen molar-refractivity contribution in [2.45, 2.75) is 56.9 Å². The summed E-state index contributed by atoms with van der Waals surface area (Å²) in [4.78, 5) is 7.98. The Morgan fingerprint density at radius 3 is 1.21 bits per heavy atom. The molecule has 10 aromatic rings. The Bertz CT molecular complexity index is 3490. The van der Waals surface area contributed by atoms with Gasteiger partial charge in [-0.25, -0.2) is 0 Å². The number of benzene rings is 10. The normalized spacial score (nSPS) is 18.3. The molecule has 0 radical (unpaired) electrons. The molecular weight excluding hydrogens is 882 g/mol. The molecule has 0 amide bonds. The number of hydrogen-bond acceptors (Lipinski definition) is 3. The Morgan fingerprint density at radius 2 is 0.726 bits per heavy atom. The third-order valence-electron chi connectivity index (χ3n) is 17.3. The molecule has 1 aliphatic carbocycles. The predicted octanol–water partition coefficient (Wildman–Crippen LogP) is 16.6. The summed E-state index contributed by atoms with van der Waals surface area (Å²) in [6, 6.07) is 91.0. The summed E-state index contributed by atoms with van der Waals surface area (Å²) in [5.41, 5.74) is 24.6. The van der Waals surface area contributed by atoms with Crippen molar-refractivity contribution < 1.29 is 0 Å². The third kappa shape index (κ3) is 6.87. The second kappa shape index (κ2) is 17.2. The fraction of sp³-hybridized carbons (Fsp3) is 0.130. The highest BCUT2D eigenvalue weighted by Gasteiger charge is 2.57. The number of fused-ring (bicyclic) bond motifs is 7. The van der Waals surface area contributed by atoms with E-state index >= 15 is 0 Å². The Kier molecular flexibility index (Phi) is 10.2. The van der Waals surface area contributed by atoms with Crippen LogP contribution in [0.4, 0.5) is 45.5 Å². The van der Waals surface area contributed by atoms with Gasteiger partial charge in [0, 0.05) is 50.9 Å². The van der Waals surface area contributed by atoms with Gasteiger partial charge in [-0.3, -0.25) is 0 Å². The maximum Gasteiger partial charge on any atom is 0.252 e. The lowest BCUT2D eigenvalue weighted by atomic mass is 9.33. The molecule has 14 rings (SSSR count). The maximum atomic E-state index is 2.79. The van der Waals surface area contributed by atoms with Crippen molar-refractivity contribution in [1.29, 1.82) is 0 Å². The van der Waals surface area contributed by atoms with Crippen LogP contribution in [0.15, 0.2) is 243 Å². The minimum absolute atomic E-state index is 0.0173. The van der Waals surface area contributed by atoms with Crippen molar-refractivity contribution in [2.75, 3.05) is 14.7 Å². The number of nitrogens with zero attached hydrogens (tertiary/aromatic N) is 3. The zero-order chi connectivity index (χ0) is 48.7. The molecule has 73 heavy (non-hydrogen) atoms. The zero-order valence-electron chi connectivity index (χ0n) is 41.5. The van der Waals surface area contributed by atoms with Crippen LogP contribution in [0.2, 0.25) is 0 Å². The van der Waals surface area contributed by atoms with E-state index < -0.39 is 0 Å². The number of anilines is 8. The van der Waals surface area contributed by atoms with Crippen molar-refractivity contribution in [3.05, 3.63) is 248 Å². The van der Waals surface area contributed by atoms with Gasteiger partial charge in [-0.15, -0.1) is 0 Å². The summed E-state index contributed by atoms with van der Waals surface area (Å²) < 4.78 is 0. The summed E-state index contributed by atoms with van der Waals surface area (Å²) in [6.07, 6.45) is 6.02. The van der Waals surface area contributed by atoms with Gasteiger partial charge in [-0.2, -0.15) is 0 Å². The lowest BCUT2D eigenvalue weighted by molar-refractivity contribution is 0.261. The Morgan fingerprint density at radius 1 is 0.329 bits per heavy atom. The molecule has 2 unspecified atom stereocenters. The number of hydrogen-bond donors (Lipinski definition) is 0. The first-order valence-corrected chi connectivity index (χ1v) is 26.3. The van der Waals surface area contributed by atoms with Crippen LogP contribution in [-0.4, -0.2) is 12.3 Å². The molecule has 3 heterocycles. The minimum atomic E-state index is -0.147. The highest BCUT2D eigenvalue weighted by atomic mass is 15.3. The topological polar surface area (TPSA) is 9.72 Å². The Hall–Kier alpha value is -8.34. The first-order chi connectivity index (χ1) is 35.9. The molecular formula is C69H56BN3. The average molecular weight is 938 g/mol. The molecule has 0 N–H and O–H groups in total. The third-order valence-corrected chi connectivity index (χ3v) is 17.3. The van der Waals surface area contributed by atoms with E-state index in [0.717, 1.165) is 17.8 Å². The van der Waals surface area contributed by atoms with Gasteiger partial charge in [0.2, 0.25) is 0 Å². The van der Waals surface area contributed by atoms with Crippen molar-refractivity contribution >= 4 is 68.6 Å². The lowest BCUT2D eigenvalue weighted by Gasteiger charge is -2.48. The van der Waals surface area contributed by atoms with Crippen LogP contribution in [0.1, 0.15) is 51.5 Å². The number of para-hydroxylation sites is 1. The molecule has 0 saturated heterocycles. The molecule has 1 fully saturated rings. The van der Waals surface area contributed by atoms with Crippen LogP contribution in [-0.2, 0) is 5.41 Å². The van der Waals surface area contributed by atoms with Crippen LogP contribution >= 0.6 is 0 Å². The summed E-state index contributed by atoms with van der Waals surface area (Å²) in [6.45, 7) is 5.08. The molecule has 0 bridgehead atoms. The fourth-order valence-corrected chi connectivity index (χ4v) is 13.4. The van der Waals surface area contributed by atoms with Gasteiger partial charge in [-0.05, 0) is 141 Å². The minimum Gasteiger partial charge on any atom is -0.334 e. The van der Waals surface area contributed by atoms with Crippen LogP contribution < -0.4 is 31.1 Å². The van der Waals surface area contributed by atoms with Crippen LogP contribution in [0.25, 0.3) is 44.5 Å². The molecule has 0 spiro atoms. The molecule has 4 heteroatoms. The lowest BCUT2D eigenvalue weighted by Crippen LogP contribution is -2.61. The van der Waals surface area contributed by atoms with Crippen LogP contribution in [0.3, 0.4) is 0 Å². The largest absolute Gasteiger partial charge is 0.334 e. The summed E-state index contributed by atoms with van der Waals surface area (Å²) in [5, 5.41) is 0. The van der Waals surface area contributed by atoms with Gasteiger partial charge >= 0.3 is 0 Å². The molecule has 3 aliphatic heterocycles. The Labute approximate surface area is 430 Å². The van der Waals surface area contributed by atoms with Crippen molar-refractivity contribution in [1.82, 2.24) is 0 Å². The van der Waals surface area contributed by atoms with Gasteiger partial charge in [0.25, 0.3) is 6.71 Å². The highest BCUT2D eigenvalue weighted by molar-refractivity contribution is 7.00. The van der Waals surface area contributed by atoms with E-state index in [1.165, 1.54) is 126 Å². The Balaban J connectivity index is 1.08. The summed E-state index contributed by atoms with van der Waals surface area (Å²) in [7, 11) is 0. The maximum absolute atomic E-state index is 2.79. The highest BCUT2D eigenvalue weighted by Crippen LogP contribution is 2.61. The monoisotopic (exact) mass is 937 g/mol. The van der Waals surface area contributed by atoms with Gasteiger partial charge in [0.1, 0.15) is 0 Å². The second-order valence-electron chi connectivity index (χ2n) is 21.1. The van der Waals surface area contributed by atoms with Gasteiger partial charge in [0.15, 0.2) is 0 Å². The van der Waals surface area contributed by atoms with Crippen molar-refractivity contribution in [3.8, 4) is 44.5 Å². The summed E-state index contributed by atoms with van der Waals surface area (Å²) in [5.74, 6) is 0. The molecule has 4 aliphatic rings. The standard InChI is InChI=1S/C69H56BN3/c1-68-42-18-7-19-43-69(68,2)73(62-29-17-16-28-59(62)68)58-46-65-67-66(47-58)72(57-38-32-53(33-39-57)49-22-10-4-11-23-49)64-41-35-55(51-26-14-6-15-27-51)45-61(64)70(67)60-44-54(50-24-12-5-13-25-50)34-40-63(60)71(65)56-36-30-52(31-37-56)48-20-8-3-9-21-48/h3-6,8-17,20-41,44-47H,7,18-19,42-43H2,1-2H3. The molecule has 10 aromatic carbocycles. The fourth-order valence-electron chi connectivity index (χ4n) is 13.4. The van der Waals surface area contributed by atoms with E-state index in [2.05, 4.69) is 271 Å². The first kappa shape index (κ1) is 43.5. The first-order valence-electron chi connectivity index (χ1n) is 26.3. The van der Waals surface area contributed by atoms with Gasteiger partial charge in [-0.1, -0.05) is 214 Å². The van der Waals surface area contributed by atoms with E-state index in [4.69, 9.17) is 0 Å². The smallest absolute Gasteiger partial charge is 0.252 e. The van der Waals surface area contributed by atoms with Gasteiger partial charge in [0.05, 0.1) is 5.54 Å². The van der Waals surface area contributed by atoms with E-state index in [1.54, 1.807) is 0 Å². The van der Waals surface area contributed by atoms with E-state index in [9.17, 15) is 0 Å². The number of rotatable bonds is 7. The van der Waals surface area contributed by atoms with Crippen LogP contribution in [0.5, 0.6) is 0 Å². The second-order valence-corrected chi connectivity index (χ2v) is 21.1. The molecule has 3 nitrogen and oxygen atoms in total. The van der Waals surface area contributed by atoms with Crippen LogP contribution in [0, 0.1) is 0 Å². The average Bonchev–Trinajstić information content (AvgIpc) is 3.52. The molecule has 350 valence electrons. The predicted molar refractivity (Wildman–Crippen MR) is 310 cm³/mol. The van der Waals surface area contributed by atoms with Crippen molar-refractivity contribution in [2.24, 2.45) is 0 Å². The SMILES string of the molecule is CC12CCCCCC1(C)N(c1cc3c4c(c1)N(c1ccc(-c5ccccc5)cc1)c1ccc(-c5ccccc5)cc1B4c1cc(-c4ccccc4)ccc1N3c1ccc(-c3ccccc3)cc1)c1ccccc12. The summed E-state index contributed by atoms with van der Waals surface area (Å²) >= 11 is 0. The quantitative estimate of drug-likeness (QED) is 0.147. The molecule has 0 aromatic heterocycles. The van der Waals surface area contributed by atoms with E-state index in [-0.39, 0.29) is 17.7 Å². The molecule has 2 atom stereocenters. The van der Waals surface area contributed by atoms with Gasteiger partial charge < -0.3 is 14.7 Å². The zero-order valence-corrected chi connectivity index (χ0v) is 41.5. The van der Waals surface area contributed by atoms with E-state index in [0.29, 0.717) is 0 Å².